The van der Waals surface area contributed by atoms with Crippen LogP contribution in [0.5, 0.6) is 0 Å². The molecule has 2 heterocycles. The number of nitrogens with zero attached hydrogens (tertiary/aromatic N) is 4. The van der Waals surface area contributed by atoms with Crippen LogP contribution < -0.4 is 5.32 Å². The molecule has 0 aliphatic carbocycles. The van der Waals surface area contributed by atoms with E-state index in [0.29, 0.717) is 24.1 Å². The minimum Gasteiger partial charge on any atom is -0.352 e. The van der Waals surface area contributed by atoms with Crippen molar-refractivity contribution in [1.29, 1.82) is 5.26 Å². The van der Waals surface area contributed by atoms with Crippen molar-refractivity contribution in [3.8, 4) is 6.07 Å². The van der Waals surface area contributed by atoms with E-state index in [1.54, 1.807) is 28.8 Å². The van der Waals surface area contributed by atoms with E-state index in [9.17, 15) is 4.79 Å². The highest BCUT2D eigenvalue weighted by molar-refractivity contribution is 7.16. The van der Waals surface area contributed by atoms with Crippen LogP contribution in [0.2, 0.25) is 0 Å². The number of imidazole rings is 1. The van der Waals surface area contributed by atoms with Crippen molar-refractivity contribution in [1.82, 2.24) is 19.9 Å². The first-order chi connectivity index (χ1) is 10.7. The van der Waals surface area contributed by atoms with E-state index in [2.05, 4.69) is 15.4 Å². The molecular formula is C15H13N5OS. The van der Waals surface area contributed by atoms with Crippen LogP contribution in [0, 0.1) is 18.3 Å². The summed E-state index contributed by atoms with van der Waals surface area (Å²) in [6, 6.07) is 8.66. The summed E-state index contributed by atoms with van der Waals surface area (Å²) in [6.45, 7) is 2.42. The summed E-state index contributed by atoms with van der Waals surface area (Å²) >= 11 is 1.54. The third-order valence-electron chi connectivity index (χ3n) is 3.11. The highest BCUT2D eigenvalue weighted by Gasteiger charge is 2.08. The van der Waals surface area contributed by atoms with Crippen LogP contribution >= 0.6 is 11.3 Å². The number of hydrogen-bond acceptors (Lipinski definition) is 5. The Balaban J connectivity index is 1.59. The Bertz CT molecular complexity index is 842. The minimum absolute atomic E-state index is 0.188. The molecule has 0 aliphatic rings. The maximum atomic E-state index is 12.0. The minimum atomic E-state index is -0.188. The number of hydrogen-bond donors (Lipinski definition) is 1. The fraction of sp³-hybridized carbons (Fsp3) is 0.200. The van der Waals surface area contributed by atoms with Crippen molar-refractivity contribution in [3.05, 3.63) is 52.3 Å². The van der Waals surface area contributed by atoms with Crippen molar-refractivity contribution < 1.29 is 4.79 Å². The number of carbonyl (C=O) groups excluding carboxylic acids is 1. The van der Waals surface area contributed by atoms with Crippen molar-refractivity contribution in [2.75, 3.05) is 6.54 Å². The molecule has 2 aromatic heterocycles. The van der Waals surface area contributed by atoms with Gasteiger partial charge in [-0.25, -0.2) is 9.50 Å². The number of nitrogens with one attached hydrogen (secondary N) is 1. The lowest BCUT2D eigenvalue weighted by molar-refractivity contribution is 0.0954. The molecule has 1 aromatic carbocycles. The zero-order valence-corrected chi connectivity index (χ0v) is 12.7. The molecule has 0 atom stereocenters. The maximum absolute atomic E-state index is 12.0. The Hall–Kier alpha value is -2.72. The summed E-state index contributed by atoms with van der Waals surface area (Å²) in [5.41, 5.74) is 1.86. The molecule has 3 aromatic rings. The monoisotopic (exact) mass is 311 g/mol. The third-order valence-corrected chi connectivity index (χ3v) is 3.95. The van der Waals surface area contributed by atoms with Crippen LogP contribution in [-0.4, -0.2) is 27.0 Å². The lowest BCUT2D eigenvalue weighted by atomic mass is 10.1. The number of carbonyl (C=O) groups is 1. The average molecular weight is 311 g/mol. The van der Waals surface area contributed by atoms with E-state index in [1.807, 2.05) is 19.2 Å². The lowest BCUT2D eigenvalue weighted by Gasteiger charge is -2.04. The van der Waals surface area contributed by atoms with Gasteiger partial charge in [-0.1, -0.05) is 17.4 Å². The van der Waals surface area contributed by atoms with Gasteiger partial charge >= 0.3 is 0 Å². The van der Waals surface area contributed by atoms with E-state index in [-0.39, 0.29) is 5.91 Å². The summed E-state index contributed by atoms with van der Waals surface area (Å²) in [7, 11) is 0. The zero-order valence-electron chi connectivity index (χ0n) is 11.9. The highest BCUT2D eigenvalue weighted by atomic mass is 32.1. The quantitative estimate of drug-likeness (QED) is 0.798. The van der Waals surface area contributed by atoms with Gasteiger partial charge in [-0.3, -0.25) is 4.79 Å². The predicted molar refractivity (Wildman–Crippen MR) is 82.8 cm³/mol. The van der Waals surface area contributed by atoms with Crippen LogP contribution in [0.3, 0.4) is 0 Å². The summed E-state index contributed by atoms with van der Waals surface area (Å²) in [5, 5.41) is 16.9. The molecule has 1 N–H and O–H groups in total. The number of nitriles is 1. The van der Waals surface area contributed by atoms with Gasteiger partial charge in [-0.05, 0) is 25.1 Å². The van der Waals surface area contributed by atoms with Gasteiger partial charge in [-0.2, -0.15) is 10.4 Å². The zero-order chi connectivity index (χ0) is 15.5. The molecule has 7 heteroatoms. The number of rotatable bonds is 4. The molecule has 6 nitrogen and oxygen atoms in total. The van der Waals surface area contributed by atoms with Gasteiger partial charge in [-0.15, -0.1) is 0 Å². The summed E-state index contributed by atoms with van der Waals surface area (Å²) in [4.78, 5) is 17.3. The standard InChI is InChI=1S/C15H13N5OS/c1-10-19-20-9-13(18-15(20)22-10)5-6-17-14(21)12-4-2-3-11(7-12)8-16/h2-4,7,9H,5-6H2,1H3,(H,17,21). The predicted octanol–water partition coefficient (Wildman–Crippen LogP) is 1.94. The fourth-order valence-corrected chi connectivity index (χ4v) is 2.84. The van der Waals surface area contributed by atoms with Gasteiger partial charge in [0.1, 0.15) is 5.01 Å². The van der Waals surface area contributed by atoms with Crippen LogP contribution in [0.1, 0.15) is 26.6 Å². The summed E-state index contributed by atoms with van der Waals surface area (Å²) in [5.74, 6) is -0.188. The topological polar surface area (TPSA) is 83.1 Å². The fourth-order valence-electron chi connectivity index (χ4n) is 2.10. The first kappa shape index (κ1) is 14.2. The van der Waals surface area contributed by atoms with Crippen LogP contribution in [0.15, 0.2) is 30.5 Å². The number of fused-ring (bicyclic) bond motifs is 1. The second-order valence-corrected chi connectivity index (χ2v) is 5.94. The van der Waals surface area contributed by atoms with E-state index in [1.165, 1.54) is 11.3 Å². The Morgan fingerprint density at radius 2 is 2.36 bits per heavy atom. The second kappa shape index (κ2) is 5.95. The third kappa shape index (κ3) is 2.97. The van der Waals surface area contributed by atoms with Crippen LogP contribution in [-0.2, 0) is 6.42 Å². The first-order valence-corrected chi connectivity index (χ1v) is 7.57. The molecular weight excluding hydrogens is 298 g/mol. The molecule has 22 heavy (non-hydrogen) atoms. The van der Waals surface area contributed by atoms with Gasteiger partial charge < -0.3 is 5.32 Å². The maximum Gasteiger partial charge on any atom is 0.251 e. The number of amides is 1. The van der Waals surface area contributed by atoms with Gasteiger partial charge in [0.05, 0.1) is 23.5 Å². The smallest absolute Gasteiger partial charge is 0.251 e. The number of aryl methyl sites for hydroxylation is 1. The summed E-state index contributed by atoms with van der Waals surface area (Å²) in [6.07, 6.45) is 2.51. The SMILES string of the molecule is Cc1nn2cc(CCNC(=O)c3cccc(C#N)c3)nc2s1. The number of aromatic nitrogens is 3. The largest absolute Gasteiger partial charge is 0.352 e. The van der Waals surface area contributed by atoms with Crippen molar-refractivity contribution in [3.63, 3.8) is 0 Å². The lowest BCUT2D eigenvalue weighted by Crippen LogP contribution is -2.25. The van der Waals surface area contributed by atoms with E-state index >= 15 is 0 Å². The Labute approximate surface area is 131 Å². The number of benzene rings is 1. The Kier molecular flexibility index (Phi) is 3.85. The molecule has 0 radical (unpaired) electrons. The normalized spacial score (nSPS) is 10.5. The Morgan fingerprint density at radius 1 is 1.50 bits per heavy atom. The van der Waals surface area contributed by atoms with Gasteiger partial charge in [0.2, 0.25) is 4.96 Å². The van der Waals surface area contributed by atoms with Crippen molar-refractivity contribution in [2.45, 2.75) is 13.3 Å². The molecule has 1 amide bonds. The van der Waals surface area contributed by atoms with Crippen molar-refractivity contribution >= 4 is 22.2 Å². The van der Waals surface area contributed by atoms with E-state index in [0.717, 1.165) is 15.7 Å². The van der Waals surface area contributed by atoms with Crippen molar-refractivity contribution in [2.24, 2.45) is 0 Å². The van der Waals surface area contributed by atoms with E-state index in [4.69, 9.17) is 5.26 Å². The van der Waals surface area contributed by atoms with Gasteiger partial charge in [0.15, 0.2) is 0 Å². The average Bonchev–Trinajstić information content (AvgIpc) is 3.04. The molecule has 110 valence electrons. The molecule has 0 aliphatic heterocycles. The van der Waals surface area contributed by atoms with Crippen LogP contribution in [0.25, 0.3) is 4.96 Å². The first-order valence-electron chi connectivity index (χ1n) is 6.76. The van der Waals surface area contributed by atoms with Gasteiger partial charge in [0, 0.05) is 18.5 Å². The molecule has 0 spiro atoms. The summed E-state index contributed by atoms with van der Waals surface area (Å²) < 4.78 is 1.76. The molecule has 0 fully saturated rings. The van der Waals surface area contributed by atoms with Crippen LogP contribution in [0.4, 0.5) is 0 Å². The molecule has 0 saturated carbocycles. The molecule has 0 unspecified atom stereocenters. The second-order valence-electron chi connectivity index (χ2n) is 4.78. The molecule has 3 rings (SSSR count). The Morgan fingerprint density at radius 3 is 3.14 bits per heavy atom. The van der Waals surface area contributed by atoms with E-state index < -0.39 is 0 Å². The molecule has 0 bridgehead atoms. The highest BCUT2D eigenvalue weighted by Crippen LogP contribution is 2.13. The van der Waals surface area contributed by atoms with Gasteiger partial charge in [0.25, 0.3) is 5.91 Å². The molecule has 0 saturated heterocycles.